The molecule has 0 aliphatic heterocycles. The predicted octanol–water partition coefficient (Wildman–Crippen LogP) is 3.86. The number of aromatic nitrogens is 2. The first kappa shape index (κ1) is 19.1. The Kier molecular flexibility index (Phi) is 7.14. The number of nitrogens with one attached hydrogen (secondary N) is 2. The fourth-order valence-corrected chi connectivity index (χ4v) is 3.60. The molecule has 10 heteroatoms. The molecule has 0 spiro atoms. The van der Waals surface area contributed by atoms with E-state index in [1.54, 1.807) is 25.1 Å². The second-order valence-corrected chi connectivity index (χ2v) is 7.23. The van der Waals surface area contributed by atoms with Gasteiger partial charge in [-0.05, 0) is 19.1 Å². The summed E-state index contributed by atoms with van der Waals surface area (Å²) in [5.41, 5.74) is 0.186. The zero-order valence-corrected chi connectivity index (χ0v) is 14.9. The zero-order chi connectivity index (χ0) is 18.2. The van der Waals surface area contributed by atoms with Crippen LogP contribution in [0.15, 0.2) is 41.3 Å². The van der Waals surface area contributed by atoms with Gasteiger partial charge in [-0.25, -0.2) is 0 Å². The molecule has 6 nitrogen and oxygen atoms in total. The van der Waals surface area contributed by atoms with Gasteiger partial charge in [-0.1, -0.05) is 41.3 Å². The summed E-state index contributed by atoms with van der Waals surface area (Å²) in [5, 5.41) is 13.7. The number of hydrogen-bond donors (Lipinski definition) is 2. The van der Waals surface area contributed by atoms with Crippen molar-refractivity contribution in [3.05, 3.63) is 36.9 Å². The molecule has 25 heavy (non-hydrogen) atoms. The number of carbonyl (C=O) groups excluding carboxylic acids is 1. The maximum absolute atomic E-state index is 12.4. The first-order valence-corrected chi connectivity index (χ1v) is 8.89. The fraction of sp³-hybridized carbons (Fsp3) is 0.267. The predicted molar refractivity (Wildman–Crippen MR) is 95.6 cm³/mol. The van der Waals surface area contributed by atoms with Crippen LogP contribution in [0.2, 0.25) is 0 Å². The highest BCUT2D eigenvalue weighted by Gasteiger charge is 2.19. The van der Waals surface area contributed by atoms with E-state index in [0.29, 0.717) is 16.0 Å². The number of alkyl halides is 2. The van der Waals surface area contributed by atoms with Crippen molar-refractivity contribution in [2.24, 2.45) is 0 Å². The maximum Gasteiger partial charge on any atom is 0.387 e. The lowest BCUT2D eigenvalue weighted by atomic mass is 10.3. The summed E-state index contributed by atoms with van der Waals surface area (Å²) in [6, 6.07) is 6.02. The van der Waals surface area contributed by atoms with Crippen molar-refractivity contribution in [3.8, 4) is 5.75 Å². The third-order valence-corrected chi connectivity index (χ3v) is 4.88. The van der Waals surface area contributed by atoms with Gasteiger partial charge < -0.3 is 15.4 Å². The summed E-state index contributed by atoms with van der Waals surface area (Å²) in [6.07, 6.45) is 1.70. The Bertz CT molecular complexity index is 727. The molecule has 0 aliphatic carbocycles. The highest BCUT2D eigenvalue weighted by Crippen LogP contribution is 2.31. The third-order valence-electron chi connectivity index (χ3n) is 2.81. The zero-order valence-electron chi connectivity index (χ0n) is 13.2. The monoisotopic (exact) mass is 386 g/mol. The van der Waals surface area contributed by atoms with Crippen molar-refractivity contribution in [1.29, 1.82) is 0 Å². The van der Waals surface area contributed by atoms with Crippen molar-refractivity contribution in [1.82, 2.24) is 10.2 Å². The molecule has 2 N–H and O–H groups in total. The number of para-hydroxylation sites is 2. The van der Waals surface area contributed by atoms with Crippen LogP contribution < -0.4 is 15.4 Å². The van der Waals surface area contributed by atoms with Gasteiger partial charge in [0.2, 0.25) is 11.0 Å². The number of nitrogens with zero attached hydrogens (tertiary/aromatic N) is 2. The molecule has 1 heterocycles. The van der Waals surface area contributed by atoms with E-state index in [1.807, 2.05) is 0 Å². The van der Waals surface area contributed by atoms with Crippen LogP contribution in [0.1, 0.15) is 6.92 Å². The van der Waals surface area contributed by atoms with Crippen LogP contribution in [0.5, 0.6) is 5.75 Å². The lowest BCUT2D eigenvalue weighted by Gasteiger charge is -2.14. The second kappa shape index (κ2) is 9.33. The van der Waals surface area contributed by atoms with E-state index < -0.39 is 11.9 Å². The van der Waals surface area contributed by atoms with Gasteiger partial charge in [-0.15, -0.1) is 16.8 Å². The van der Waals surface area contributed by atoms with E-state index in [1.165, 1.54) is 35.2 Å². The van der Waals surface area contributed by atoms with E-state index in [-0.39, 0.29) is 17.3 Å². The molecule has 0 radical (unpaired) electrons. The number of hydrogen-bond acceptors (Lipinski definition) is 7. The Morgan fingerprint density at radius 2 is 2.20 bits per heavy atom. The number of amides is 1. The molecule has 0 saturated carbocycles. The minimum Gasteiger partial charge on any atom is -0.433 e. The van der Waals surface area contributed by atoms with E-state index in [9.17, 15) is 13.6 Å². The average Bonchev–Trinajstić information content (AvgIpc) is 3.01. The summed E-state index contributed by atoms with van der Waals surface area (Å²) in [7, 11) is 0. The molecule has 1 atom stereocenters. The maximum atomic E-state index is 12.4. The Morgan fingerprint density at radius 1 is 1.44 bits per heavy atom. The molecule has 0 fully saturated rings. The van der Waals surface area contributed by atoms with Crippen LogP contribution in [0.4, 0.5) is 19.6 Å². The van der Waals surface area contributed by atoms with E-state index >= 15 is 0 Å². The van der Waals surface area contributed by atoms with Crippen LogP contribution >= 0.6 is 23.1 Å². The minimum atomic E-state index is -2.97. The Labute approximate surface area is 151 Å². The van der Waals surface area contributed by atoms with Gasteiger partial charge in [0, 0.05) is 6.54 Å². The van der Waals surface area contributed by atoms with Crippen molar-refractivity contribution >= 4 is 39.8 Å². The van der Waals surface area contributed by atoms with Crippen LogP contribution in [0.25, 0.3) is 0 Å². The van der Waals surface area contributed by atoms with Gasteiger partial charge in [0.1, 0.15) is 5.75 Å². The topological polar surface area (TPSA) is 76.1 Å². The molecule has 1 amide bonds. The van der Waals surface area contributed by atoms with Gasteiger partial charge in [0.25, 0.3) is 0 Å². The minimum absolute atomic E-state index is 0.0881. The molecule has 0 saturated heterocycles. The number of benzene rings is 1. The van der Waals surface area contributed by atoms with E-state index in [0.717, 1.165) is 0 Å². The van der Waals surface area contributed by atoms with Crippen molar-refractivity contribution in [2.45, 2.75) is 23.1 Å². The lowest BCUT2D eigenvalue weighted by Crippen LogP contribution is -2.23. The summed E-state index contributed by atoms with van der Waals surface area (Å²) in [6.45, 7) is 2.89. The Hall–Kier alpha value is -2.20. The van der Waals surface area contributed by atoms with Crippen LogP contribution in [-0.2, 0) is 4.79 Å². The van der Waals surface area contributed by atoms with Gasteiger partial charge in [-0.3, -0.25) is 4.79 Å². The quantitative estimate of drug-likeness (QED) is 0.504. The molecule has 134 valence electrons. The smallest absolute Gasteiger partial charge is 0.387 e. The summed E-state index contributed by atoms with van der Waals surface area (Å²) >= 11 is 2.54. The van der Waals surface area contributed by atoms with Crippen molar-refractivity contribution in [2.75, 3.05) is 17.2 Å². The van der Waals surface area contributed by atoms with E-state index in [2.05, 4.69) is 32.1 Å². The fourth-order valence-electron chi connectivity index (χ4n) is 1.70. The summed E-state index contributed by atoms with van der Waals surface area (Å²) in [5.74, 6) is -0.444. The van der Waals surface area contributed by atoms with Crippen LogP contribution in [0, 0.1) is 0 Å². The molecule has 0 unspecified atom stereocenters. The van der Waals surface area contributed by atoms with Crippen molar-refractivity contribution in [3.63, 3.8) is 0 Å². The number of thioether (sulfide) groups is 1. The van der Waals surface area contributed by atoms with Crippen LogP contribution in [-0.4, -0.2) is 34.5 Å². The van der Waals surface area contributed by atoms with Gasteiger partial charge in [0.15, 0.2) is 4.34 Å². The van der Waals surface area contributed by atoms with Crippen LogP contribution in [0.3, 0.4) is 0 Å². The first-order valence-electron chi connectivity index (χ1n) is 7.19. The second-order valence-electron chi connectivity index (χ2n) is 4.67. The lowest BCUT2D eigenvalue weighted by molar-refractivity contribution is -0.115. The number of carbonyl (C=O) groups is 1. The number of halogens is 2. The Balaban J connectivity index is 1.96. The standard InChI is InChI=1S/C15H16F2N4O2S2/c1-3-8-18-14-20-21-15(25-14)24-9(2)12(22)19-10-6-4-5-7-11(10)23-13(16)17/h3-7,9,13H,1,8H2,2H3,(H,18,20)(H,19,22)/t9-/m0/s1. The molecular formula is C15H16F2N4O2S2. The normalized spacial score (nSPS) is 11.8. The average molecular weight is 386 g/mol. The number of anilines is 2. The van der Waals surface area contributed by atoms with Gasteiger partial charge in [0.05, 0.1) is 10.9 Å². The number of rotatable bonds is 9. The summed E-state index contributed by atoms with van der Waals surface area (Å²) < 4.78 is 29.8. The SMILES string of the molecule is C=CCNc1nnc(S[C@@H](C)C(=O)Nc2ccccc2OC(F)F)s1. The first-order chi connectivity index (χ1) is 12.0. The third kappa shape index (κ3) is 5.98. The Morgan fingerprint density at radius 3 is 2.92 bits per heavy atom. The molecule has 2 rings (SSSR count). The molecule has 0 bridgehead atoms. The van der Waals surface area contributed by atoms with Crippen molar-refractivity contribution < 1.29 is 18.3 Å². The highest BCUT2D eigenvalue weighted by molar-refractivity contribution is 8.02. The highest BCUT2D eigenvalue weighted by atomic mass is 32.2. The largest absolute Gasteiger partial charge is 0.433 e. The summed E-state index contributed by atoms with van der Waals surface area (Å²) in [4.78, 5) is 12.3. The van der Waals surface area contributed by atoms with Gasteiger partial charge >= 0.3 is 6.61 Å². The molecule has 1 aromatic heterocycles. The van der Waals surface area contributed by atoms with Gasteiger partial charge in [-0.2, -0.15) is 8.78 Å². The number of ether oxygens (including phenoxy) is 1. The van der Waals surface area contributed by atoms with E-state index in [4.69, 9.17) is 0 Å². The molecule has 0 aliphatic rings. The molecular weight excluding hydrogens is 370 g/mol. The molecule has 2 aromatic rings. The molecule has 1 aromatic carbocycles.